The standard InChI is InChI=1S/C15H16BrClN2S2/c1-9(2)7-12-14(16)15(20)19-13(18-12)8-21-11-5-3-10(17)4-6-11/h3-6,9H,7-8H2,1-2H3,(H,18,19,20). The number of rotatable bonds is 5. The van der Waals surface area contributed by atoms with Crippen LogP contribution in [-0.2, 0) is 12.2 Å². The van der Waals surface area contributed by atoms with Crippen LogP contribution in [0.5, 0.6) is 0 Å². The number of nitrogens with one attached hydrogen (secondary N) is 1. The summed E-state index contributed by atoms with van der Waals surface area (Å²) in [4.78, 5) is 8.99. The van der Waals surface area contributed by atoms with Gasteiger partial charge < -0.3 is 4.98 Å². The smallest absolute Gasteiger partial charge is 0.144 e. The van der Waals surface area contributed by atoms with E-state index in [9.17, 15) is 0 Å². The summed E-state index contributed by atoms with van der Waals surface area (Å²) in [7, 11) is 0. The van der Waals surface area contributed by atoms with Crippen molar-refractivity contribution in [3.8, 4) is 0 Å². The van der Waals surface area contributed by atoms with Gasteiger partial charge in [0.05, 0.1) is 10.2 Å². The van der Waals surface area contributed by atoms with Gasteiger partial charge in [0.1, 0.15) is 10.5 Å². The lowest BCUT2D eigenvalue weighted by Crippen LogP contribution is -2.04. The number of benzene rings is 1. The zero-order chi connectivity index (χ0) is 15.4. The molecule has 1 aromatic heterocycles. The van der Waals surface area contributed by atoms with Crippen LogP contribution in [0.15, 0.2) is 33.6 Å². The van der Waals surface area contributed by atoms with E-state index in [0.717, 1.165) is 38.1 Å². The first-order valence-electron chi connectivity index (χ1n) is 6.61. The number of hydrogen-bond donors (Lipinski definition) is 1. The second-order valence-corrected chi connectivity index (χ2v) is 7.79. The maximum Gasteiger partial charge on any atom is 0.144 e. The topological polar surface area (TPSA) is 28.7 Å². The summed E-state index contributed by atoms with van der Waals surface area (Å²) in [6.07, 6.45) is 0.950. The van der Waals surface area contributed by atoms with Crippen molar-refractivity contribution in [1.82, 2.24) is 9.97 Å². The minimum absolute atomic E-state index is 0.561. The molecule has 0 aliphatic carbocycles. The van der Waals surface area contributed by atoms with Crippen LogP contribution in [0.3, 0.4) is 0 Å². The minimum atomic E-state index is 0.561. The quantitative estimate of drug-likeness (QED) is 0.487. The second kappa shape index (κ2) is 7.77. The summed E-state index contributed by atoms with van der Waals surface area (Å²) in [6, 6.07) is 7.81. The minimum Gasteiger partial charge on any atom is -0.345 e. The molecule has 0 unspecified atom stereocenters. The van der Waals surface area contributed by atoms with E-state index in [2.05, 4.69) is 39.7 Å². The van der Waals surface area contributed by atoms with Crippen LogP contribution in [0.4, 0.5) is 0 Å². The highest BCUT2D eigenvalue weighted by Crippen LogP contribution is 2.25. The van der Waals surface area contributed by atoms with Gasteiger partial charge in [-0.15, -0.1) is 11.8 Å². The second-order valence-electron chi connectivity index (χ2n) is 5.12. The first-order valence-corrected chi connectivity index (χ1v) is 9.18. The van der Waals surface area contributed by atoms with Crippen molar-refractivity contribution in [1.29, 1.82) is 0 Å². The summed E-state index contributed by atoms with van der Waals surface area (Å²) in [5.74, 6) is 2.22. The van der Waals surface area contributed by atoms with Gasteiger partial charge in [0.25, 0.3) is 0 Å². The number of nitrogens with zero attached hydrogens (tertiary/aromatic N) is 1. The van der Waals surface area contributed by atoms with Crippen LogP contribution in [-0.4, -0.2) is 9.97 Å². The average molecular weight is 404 g/mol. The van der Waals surface area contributed by atoms with E-state index in [1.165, 1.54) is 0 Å². The zero-order valence-electron chi connectivity index (χ0n) is 11.8. The number of thioether (sulfide) groups is 1. The third-order valence-electron chi connectivity index (χ3n) is 2.79. The molecule has 0 atom stereocenters. The molecule has 2 rings (SSSR count). The summed E-state index contributed by atoms with van der Waals surface area (Å²) in [5, 5.41) is 0.750. The van der Waals surface area contributed by atoms with Gasteiger partial charge in [-0.1, -0.05) is 37.7 Å². The summed E-state index contributed by atoms with van der Waals surface area (Å²) in [5.41, 5.74) is 1.12. The highest BCUT2D eigenvalue weighted by molar-refractivity contribution is 9.10. The van der Waals surface area contributed by atoms with E-state index in [0.29, 0.717) is 10.6 Å². The lowest BCUT2D eigenvalue weighted by atomic mass is 10.1. The molecular weight excluding hydrogens is 388 g/mol. The lowest BCUT2D eigenvalue weighted by Gasteiger charge is -2.10. The predicted octanol–water partition coefficient (Wildman–Crippen LogP) is 6.05. The average Bonchev–Trinajstić information content (AvgIpc) is 2.43. The van der Waals surface area contributed by atoms with Crippen LogP contribution >= 0.6 is 51.5 Å². The Bertz CT molecular complexity index is 668. The molecule has 2 nitrogen and oxygen atoms in total. The molecule has 0 fully saturated rings. The van der Waals surface area contributed by atoms with Gasteiger partial charge in [-0.05, 0) is 52.5 Å². The monoisotopic (exact) mass is 402 g/mol. The third-order valence-corrected chi connectivity index (χ3v) is 5.47. The molecule has 1 N–H and O–H groups in total. The Morgan fingerprint density at radius 2 is 2.00 bits per heavy atom. The van der Waals surface area contributed by atoms with Crippen molar-refractivity contribution in [3.05, 3.63) is 49.9 Å². The van der Waals surface area contributed by atoms with Crippen LogP contribution < -0.4 is 0 Å². The zero-order valence-corrected chi connectivity index (χ0v) is 15.8. The summed E-state index contributed by atoms with van der Waals surface area (Å²) in [6.45, 7) is 4.37. The Balaban J connectivity index is 2.14. The van der Waals surface area contributed by atoms with Crippen molar-refractivity contribution in [2.75, 3.05) is 0 Å². The number of aromatic amines is 1. The Morgan fingerprint density at radius 3 is 2.62 bits per heavy atom. The lowest BCUT2D eigenvalue weighted by molar-refractivity contribution is 0.629. The van der Waals surface area contributed by atoms with E-state index < -0.39 is 0 Å². The molecule has 0 aliphatic rings. The highest BCUT2D eigenvalue weighted by Gasteiger charge is 2.08. The summed E-state index contributed by atoms with van der Waals surface area (Å²) < 4.78 is 1.53. The van der Waals surface area contributed by atoms with Crippen molar-refractivity contribution in [2.24, 2.45) is 5.92 Å². The Labute approximate surface area is 147 Å². The molecule has 0 amide bonds. The molecule has 1 aromatic carbocycles. The summed E-state index contributed by atoms with van der Waals surface area (Å²) >= 11 is 16.5. The van der Waals surface area contributed by atoms with Gasteiger partial charge in [0, 0.05) is 15.6 Å². The fourth-order valence-electron chi connectivity index (χ4n) is 1.86. The van der Waals surface area contributed by atoms with Crippen LogP contribution in [0.1, 0.15) is 25.4 Å². The largest absolute Gasteiger partial charge is 0.345 e. The number of H-pyrrole nitrogens is 1. The highest BCUT2D eigenvalue weighted by atomic mass is 79.9. The molecule has 0 saturated heterocycles. The van der Waals surface area contributed by atoms with Crippen molar-refractivity contribution in [2.45, 2.75) is 30.9 Å². The Kier molecular flexibility index (Phi) is 6.29. The number of aromatic nitrogens is 2. The van der Waals surface area contributed by atoms with Crippen LogP contribution in [0.2, 0.25) is 5.02 Å². The molecule has 0 radical (unpaired) electrons. The van der Waals surface area contributed by atoms with E-state index >= 15 is 0 Å². The van der Waals surface area contributed by atoms with E-state index in [1.807, 2.05) is 24.3 Å². The fraction of sp³-hybridized carbons (Fsp3) is 0.333. The van der Waals surface area contributed by atoms with Gasteiger partial charge in [-0.3, -0.25) is 0 Å². The molecule has 0 spiro atoms. The molecule has 0 aliphatic heterocycles. The molecule has 1 heterocycles. The van der Waals surface area contributed by atoms with Gasteiger partial charge in [0.2, 0.25) is 0 Å². The molecule has 21 heavy (non-hydrogen) atoms. The first kappa shape index (κ1) is 17.0. The van der Waals surface area contributed by atoms with Crippen LogP contribution in [0, 0.1) is 10.6 Å². The molecule has 112 valence electrons. The molecule has 0 saturated carbocycles. The van der Waals surface area contributed by atoms with Gasteiger partial charge >= 0.3 is 0 Å². The fourth-order valence-corrected chi connectivity index (χ4v) is 3.34. The van der Waals surface area contributed by atoms with Gasteiger partial charge in [0.15, 0.2) is 0 Å². The maximum atomic E-state index is 5.89. The maximum absolute atomic E-state index is 5.89. The van der Waals surface area contributed by atoms with Crippen molar-refractivity contribution in [3.63, 3.8) is 0 Å². The normalized spacial score (nSPS) is 11.1. The van der Waals surface area contributed by atoms with Gasteiger partial charge in [-0.25, -0.2) is 4.98 Å². The number of halogens is 2. The van der Waals surface area contributed by atoms with E-state index in [4.69, 9.17) is 23.8 Å². The Morgan fingerprint density at radius 1 is 1.33 bits per heavy atom. The molecule has 2 aromatic rings. The Hall–Kier alpha value is -0.360. The van der Waals surface area contributed by atoms with Crippen molar-refractivity contribution < 1.29 is 0 Å². The molecular formula is C15H16BrClN2S2. The third kappa shape index (κ3) is 5.09. The van der Waals surface area contributed by atoms with Crippen molar-refractivity contribution >= 4 is 51.5 Å². The predicted molar refractivity (Wildman–Crippen MR) is 96.7 cm³/mol. The van der Waals surface area contributed by atoms with E-state index in [-0.39, 0.29) is 0 Å². The SMILES string of the molecule is CC(C)Cc1[nH]c(CSc2ccc(Cl)cc2)nc(=S)c1Br. The van der Waals surface area contributed by atoms with Crippen LogP contribution in [0.25, 0.3) is 0 Å². The number of hydrogen-bond acceptors (Lipinski definition) is 3. The molecule has 6 heteroatoms. The van der Waals surface area contributed by atoms with E-state index in [1.54, 1.807) is 11.8 Å². The first-order chi connectivity index (χ1) is 9.95. The van der Waals surface area contributed by atoms with Gasteiger partial charge in [-0.2, -0.15) is 0 Å². The molecule has 0 bridgehead atoms.